The number of alkyl halides is 3. The Kier molecular flexibility index (Phi) is 7.50. The summed E-state index contributed by atoms with van der Waals surface area (Å²) in [5.41, 5.74) is 0.521. The fourth-order valence-corrected chi connectivity index (χ4v) is 6.21. The van der Waals surface area contributed by atoms with Gasteiger partial charge in [0.25, 0.3) is 0 Å². The lowest BCUT2D eigenvalue weighted by Gasteiger charge is -2.43. The standard InChI is InChI=1S/C23H27F3N2O4S/c1-16-14-27(11-10-18-6-8-20(9-7-18)23(24,25)26)15-17(2)28(16)33(31,32)21-5-3-4-19(12-21)13-22(29)30/h3-9,12,16-17H,10-11,13-15H2,1-2H3,(H,29,30). The van der Waals surface area contributed by atoms with Gasteiger partial charge in [-0.05, 0) is 55.7 Å². The van der Waals surface area contributed by atoms with E-state index >= 15 is 0 Å². The molecule has 1 heterocycles. The topological polar surface area (TPSA) is 77.9 Å². The summed E-state index contributed by atoms with van der Waals surface area (Å²) in [6.45, 7) is 5.21. The lowest BCUT2D eigenvalue weighted by molar-refractivity contribution is -0.138. The number of halogens is 3. The predicted octanol–water partition coefficient (Wildman–Crippen LogP) is 3.66. The number of hydrogen-bond donors (Lipinski definition) is 1. The van der Waals surface area contributed by atoms with Crippen LogP contribution < -0.4 is 0 Å². The van der Waals surface area contributed by atoms with Crippen LogP contribution in [0.4, 0.5) is 13.2 Å². The first-order valence-electron chi connectivity index (χ1n) is 10.6. The van der Waals surface area contributed by atoms with Crippen molar-refractivity contribution in [2.45, 2.75) is 49.8 Å². The van der Waals surface area contributed by atoms with Crippen molar-refractivity contribution in [3.63, 3.8) is 0 Å². The van der Waals surface area contributed by atoms with Crippen molar-refractivity contribution in [2.75, 3.05) is 19.6 Å². The van der Waals surface area contributed by atoms with E-state index in [9.17, 15) is 26.4 Å². The third-order valence-corrected chi connectivity index (χ3v) is 7.87. The molecule has 6 nitrogen and oxygen atoms in total. The molecule has 2 aromatic rings. The zero-order chi connectivity index (χ0) is 24.4. The molecule has 1 aliphatic rings. The van der Waals surface area contributed by atoms with Crippen molar-refractivity contribution in [3.05, 3.63) is 65.2 Å². The maximum Gasteiger partial charge on any atom is 0.416 e. The zero-order valence-corrected chi connectivity index (χ0v) is 19.2. The Labute approximate surface area is 191 Å². The Balaban J connectivity index is 1.66. The maximum absolute atomic E-state index is 13.3. The first-order valence-corrected chi connectivity index (χ1v) is 12.0. The Morgan fingerprint density at radius 2 is 1.64 bits per heavy atom. The van der Waals surface area contributed by atoms with Crippen LogP contribution in [0.1, 0.15) is 30.5 Å². The molecule has 0 saturated carbocycles. The summed E-state index contributed by atoms with van der Waals surface area (Å²) in [5.74, 6) is -1.03. The van der Waals surface area contributed by atoms with Crippen LogP contribution in [0.2, 0.25) is 0 Å². The molecule has 10 heteroatoms. The number of sulfonamides is 1. The molecule has 3 rings (SSSR count). The van der Waals surface area contributed by atoms with E-state index in [-0.39, 0.29) is 23.4 Å². The molecule has 0 bridgehead atoms. The normalized spacial score (nSPS) is 20.6. The number of piperazine rings is 1. The number of nitrogens with zero attached hydrogens (tertiary/aromatic N) is 2. The van der Waals surface area contributed by atoms with Gasteiger partial charge in [-0.2, -0.15) is 17.5 Å². The Morgan fingerprint density at radius 3 is 2.18 bits per heavy atom. The number of carboxylic acids is 1. The molecule has 1 saturated heterocycles. The van der Waals surface area contributed by atoms with Gasteiger partial charge in [-0.3, -0.25) is 9.69 Å². The molecule has 2 atom stereocenters. The lowest BCUT2D eigenvalue weighted by atomic mass is 10.1. The van der Waals surface area contributed by atoms with Crippen LogP contribution in [0.25, 0.3) is 0 Å². The third kappa shape index (κ3) is 6.13. The second-order valence-corrected chi connectivity index (χ2v) is 10.3. The summed E-state index contributed by atoms with van der Waals surface area (Å²) in [6, 6.07) is 10.4. The molecule has 0 spiro atoms. The highest BCUT2D eigenvalue weighted by molar-refractivity contribution is 7.89. The molecule has 2 aromatic carbocycles. The summed E-state index contributed by atoms with van der Waals surface area (Å²) >= 11 is 0. The second kappa shape index (κ2) is 9.82. The number of carbonyl (C=O) groups is 1. The summed E-state index contributed by atoms with van der Waals surface area (Å²) in [5, 5.41) is 8.99. The van der Waals surface area contributed by atoms with Crippen molar-refractivity contribution in [1.82, 2.24) is 9.21 Å². The van der Waals surface area contributed by atoms with Gasteiger partial charge in [-0.25, -0.2) is 8.42 Å². The predicted molar refractivity (Wildman–Crippen MR) is 117 cm³/mol. The minimum Gasteiger partial charge on any atom is -0.481 e. The van der Waals surface area contributed by atoms with E-state index in [2.05, 4.69) is 4.90 Å². The maximum atomic E-state index is 13.3. The fourth-order valence-electron chi connectivity index (χ4n) is 4.33. The average Bonchev–Trinajstić information content (AvgIpc) is 2.71. The molecule has 1 aliphatic heterocycles. The van der Waals surface area contributed by atoms with E-state index < -0.39 is 27.7 Å². The molecule has 180 valence electrons. The van der Waals surface area contributed by atoms with E-state index in [0.717, 1.165) is 17.7 Å². The number of rotatable bonds is 7. The summed E-state index contributed by atoms with van der Waals surface area (Å²) in [4.78, 5) is 13.2. The van der Waals surface area contributed by atoms with Crippen LogP contribution in [-0.2, 0) is 33.8 Å². The SMILES string of the molecule is CC1CN(CCc2ccc(C(F)(F)F)cc2)CC(C)N1S(=O)(=O)c1cccc(CC(=O)O)c1. The molecule has 2 unspecified atom stereocenters. The average molecular weight is 485 g/mol. The van der Waals surface area contributed by atoms with Gasteiger partial charge in [0.2, 0.25) is 10.0 Å². The molecule has 0 aliphatic carbocycles. The Hall–Kier alpha value is -2.43. The van der Waals surface area contributed by atoms with E-state index in [1.165, 1.54) is 28.6 Å². The quantitative estimate of drug-likeness (QED) is 0.649. The van der Waals surface area contributed by atoms with E-state index in [1.54, 1.807) is 12.1 Å². The van der Waals surface area contributed by atoms with Crippen LogP contribution in [0, 0.1) is 0 Å². The van der Waals surface area contributed by atoms with Crippen molar-refractivity contribution >= 4 is 16.0 Å². The van der Waals surface area contributed by atoms with Crippen molar-refractivity contribution < 1.29 is 31.5 Å². The molecule has 1 N–H and O–H groups in total. The van der Waals surface area contributed by atoms with Crippen molar-refractivity contribution in [1.29, 1.82) is 0 Å². The first-order chi connectivity index (χ1) is 15.4. The highest BCUT2D eigenvalue weighted by Gasteiger charge is 2.38. The van der Waals surface area contributed by atoms with Gasteiger partial charge in [-0.15, -0.1) is 0 Å². The van der Waals surface area contributed by atoms with Crippen LogP contribution in [0.5, 0.6) is 0 Å². The van der Waals surface area contributed by atoms with Gasteiger partial charge < -0.3 is 5.11 Å². The fraction of sp³-hybridized carbons (Fsp3) is 0.435. The van der Waals surface area contributed by atoms with E-state index in [4.69, 9.17) is 5.11 Å². The van der Waals surface area contributed by atoms with Gasteiger partial charge in [0.1, 0.15) is 0 Å². The number of benzene rings is 2. The molecule has 0 amide bonds. The van der Waals surface area contributed by atoms with Gasteiger partial charge in [-0.1, -0.05) is 24.3 Å². The summed E-state index contributed by atoms with van der Waals surface area (Å²) in [6.07, 6.45) is -4.06. The smallest absolute Gasteiger partial charge is 0.416 e. The van der Waals surface area contributed by atoms with E-state index in [1.807, 2.05) is 13.8 Å². The van der Waals surface area contributed by atoms with Gasteiger partial charge in [0.05, 0.1) is 16.9 Å². The minimum atomic E-state index is -4.36. The summed E-state index contributed by atoms with van der Waals surface area (Å²) in [7, 11) is -3.82. The van der Waals surface area contributed by atoms with Crippen LogP contribution in [-0.4, -0.2) is 60.4 Å². The number of aliphatic carboxylic acids is 1. The monoisotopic (exact) mass is 484 g/mol. The Bertz CT molecular complexity index is 1080. The summed E-state index contributed by atoms with van der Waals surface area (Å²) < 4.78 is 66.3. The van der Waals surface area contributed by atoms with Crippen molar-refractivity contribution in [2.24, 2.45) is 0 Å². The lowest BCUT2D eigenvalue weighted by Crippen LogP contribution is -2.58. The van der Waals surface area contributed by atoms with E-state index in [0.29, 0.717) is 31.6 Å². The molecular weight excluding hydrogens is 457 g/mol. The van der Waals surface area contributed by atoms with Crippen LogP contribution in [0.15, 0.2) is 53.4 Å². The Morgan fingerprint density at radius 1 is 1.03 bits per heavy atom. The van der Waals surface area contributed by atoms with Gasteiger partial charge in [0.15, 0.2) is 0 Å². The molecular formula is C23H27F3N2O4S. The van der Waals surface area contributed by atoms with Gasteiger partial charge >= 0.3 is 12.1 Å². The molecule has 0 aromatic heterocycles. The van der Waals surface area contributed by atoms with Crippen LogP contribution >= 0.6 is 0 Å². The molecule has 0 radical (unpaired) electrons. The zero-order valence-electron chi connectivity index (χ0n) is 18.4. The minimum absolute atomic E-state index is 0.0677. The largest absolute Gasteiger partial charge is 0.481 e. The van der Waals surface area contributed by atoms with Gasteiger partial charge in [0, 0.05) is 31.7 Å². The highest BCUT2D eigenvalue weighted by Crippen LogP contribution is 2.29. The number of hydrogen-bond acceptors (Lipinski definition) is 4. The molecule has 1 fully saturated rings. The number of carboxylic acid groups (broad SMARTS) is 1. The second-order valence-electron chi connectivity index (χ2n) is 8.46. The van der Waals surface area contributed by atoms with Crippen LogP contribution in [0.3, 0.4) is 0 Å². The molecule has 33 heavy (non-hydrogen) atoms. The third-order valence-electron chi connectivity index (χ3n) is 5.74. The van der Waals surface area contributed by atoms with Crippen molar-refractivity contribution in [3.8, 4) is 0 Å². The highest BCUT2D eigenvalue weighted by atomic mass is 32.2. The first kappa shape index (κ1) is 25.2.